The molecule has 0 radical (unpaired) electrons. The summed E-state index contributed by atoms with van der Waals surface area (Å²) < 4.78 is 13.9. The minimum Gasteiger partial charge on any atom is -0.379 e. The van der Waals surface area contributed by atoms with Crippen LogP contribution >= 0.6 is 0 Å². The maximum absolute atomic E-state index is 6.19. The largest absolute Gasteiger partial charge is 0.379 e. The highest BCUT2D eigenvalue weighted by atomic mass is 16.5. The Morgan fingerprint density at radius 3 is 3.08 bits per heavy atom. The van der Waals surface area contributed by atoms with Gasteiger partial charge in [0.15, 0.2) is 0 Å². The first-order valence-electron chi connectivity index (χ1n) is 8.68. The highest BCUT2D eigenvalue weighted by Crippen LogP contribution is 2.33. The lowest BCUT2D eigenvalue weighted by molar-refractivity contribution is 0.00740. The van der Waals surface area contributed by atoms with Crippen LogP contribution in [0, 0.1) is 5.92 Å². The maximum Gasteiger partial charge on any atom is 0.0892 e. The summed E-state index contributed by atoms with van der Waals surface area (Å²) in [6, 6.07) is 6.38. The highest BCUT2D eigenvalue weighted by Gasteiger charge is 2.45. The van der Waals surface area contributed by atoms with Crippen molar-refractivity contribution in [2.24, 2.45) is 5.92 Å². The zero-order valence-electron chi connectivity index (χ0n) is 14.0. The van der Waals surface area contributed by atoms with Crippen molar-refractivity contribution in [3.8, 4) is 0 Å². The van der Waals surface area contributed by atoms with Crippen LogP contribution in [-0.2, 0) is 29.2 Å². The smallest absolute Gasteiger partial charge is 0.0892 e. The molecule has 6 heteroatoms. The number of pyridine rings is 1. The molecule has 0 unspecified atom stereocenters. The molecule has 0 bridgehead atoms. The summed E-state index contributed by atoms with van der Waals surface area (Å²) in [6.45, 7) is 7.03. The third-order valence-electron chi connectivity index (χ3n) is 5.02. The van der Waals surface area contributed by atoms with Crippen LogP contribution in [-0.4, -0.2) is 51.6 Å². The summed E-state index contributed by atoms with van der Waals surface area (Å²) in [6.07, 6.45) is 6.12. The Morgan fingerprint density at radius 1 is 1.33 bits per heavy atom. The quantitative estimate of drug-likeness (QED) is 0.808. The van der Waals surface area contributed by atoms with E-state index < -0.39 is 0 Å². The van der Waals surface area contributed by atoms with Crippen molar-refractivity contribution in [3.05, 3.63) is 48.0 Å². The first-order chi connectivity index (χ1) is 11.8. The molecule has 4 rings (SSSR count). The number of ether oxygens (including phenoxy) is 2. The fourth-order valence-electron chi connectivity index (χ4n) is 3.72. The second-order valence-electron chi connectivity index (χ2n) is 6.57. The summed E-state index contributed by atoms with van der Waals surface area (Å²) >= 11 is 0. The van der Waals surface area contributed by atoms with Crippen LogP contribution in [0.4, 0.5) is 0 Å². The zero-order valence-corrected chi connectivity index (χ0v) is 14.0. The van der Waals surface area contributed by atoms with E-state index in [1.165, 1.54) is 5.56 Å². The normalized spacial score (nSPS) is 26.8. The molecule has 0 N–H and O–H groups in total. The van der Waals surface area contributed by atoms with Gasteiger partial charge in [-0.2, -0.15) is 5.10 Å². The van der Waals surface area contributed by atoms with Crippen molar-refractivity contribution >= 4 is 0 Å². The Hall–Kier alpha value is -1.76. The Kier molecular flexibility index (Phi) is 4.60. The molecular weight excluding hydrogens is 304 g/mol. The number of aromatic nitrogens is 3. The maximum atomic E-state index is 6.19. The summed E-state index contributed by atoms with van der Waals surface area (Å²) in [7, 11) is 0. The van der Waals surface area contributed by atoms with E-state index in [0.717, 1.165) is 38.5 Å². The molecule has 4 heterocycles. The van der Waals surface area contributed by atoms with Gasteiger partial charge in [-0.25, -0.2) is 0 Å². The van der Waals surface area contributed by atoms with Gasteiger partial charge in [0.25, 0.3) is 0 Å². The lowest BCUT2D eigenvalue weighted by Gasteiger charge is -2.21. The molecule has 6 nitrogen and oxygen atoms in total. The molecule has 3 atom stereocenters. The van der Waals surface area contributed by atoms with Crippen LogP contribution in [0.5, 0.6) is 0 Å². The standard InChI is InChI=1S/C18H24N4O2/c1-2-22-9-14(7-20-22)8-21-10-18(16-12-23-13-17(16)21)24-11-15-5-3-4-6-19-15/h3-7,9,16-18H,2,8,10-13H2,1H3/t16-,17+,18+/m0/s1. The van der Waals surface area contributed by atoms with Gasteiger partial charge in [0.1, 0.15) is 0 Å². The number of hydrogen-bond acceptors (Lipinski definition) is 5. The topological polar surface area (TPSA) is 52.4 Å². The van der Waals surface area contributed by atoms with Crippen molar-refractivity contribution in [1.29, 1.82) is 0 Å². The van der Waals surface area contributed by atoms with Crippen molar-refractivity contribution < 1.29 is 9.47 Å². The lowest BCUT2D eigenvalue weighted by atomic mass is 10.0. The van der Waals surface area contributed by atoms with E-state index in [-0.39, 0.29) is 6.10 Å². The molecule has 2 aromatic rings. The van der Waals surface area contributed by atoms with Gasteiger partial charge in [0, 0.05) is 49.6 Å². The Morgan fingerprint density at radius 2 is 2.29 bits per heavy atom. The van der Waals surface area contributed by atoms with Crippen LogP contribution in [0.3, 0.4) is 0 Å². The SMILES string of the molecule is CCn1cc(CN2C[C@@H](OCc3ccccn3)[C@H]3COC[C@H]32)cn1. The van der Waals surface area contributed by atoms with E-state index in [1.54, 1.807) is 0 Å². The Labute approximate surface area is 142 Å². The number of likely N-dealkylation sites (tertiary alicyclic amines) is 1. The van der Waals surface area contributed by atoms with E-state index >= 15 is 0 Å². The van der Waals surface area contributed by atoms with Gasteiger partial charge in [0.2, 0.25) is 0 Å². The van der Waals surface area contributed by atoms with Crippen LogP contribution in [0.2, 0.25) is 0 Å². The molecule has 0 aromatic carbocycles. The van der Waals surface area contributed by atoms with Crippen molar-refractivity contribution in [1.82, 2.24) is 19.7 Å². The Bertz CT molecular complexity index is 660. The number of fused-ring (bicyclic) bond motifs is 1. The van der Waals surface area contributed by atoms with Gasteiger partial charge >= 0.3 is 0 Å². The number of hydrogen-bond donors (Lipinski definition) is 0. The molecule has 2 fully saturated rings. The van der Waals surface area contributed by atoms with Gasteiger partial charge in [-0.3, -0.25) is 14.6 Å². The molecule has 128 valence electrons. The summed E-state index contributed by atoms with van der Waals surface area (Å²) in [5.41, 5.74) is 2.24. The second kappa shape index (κ2) is 7.01. The van der Waals surface area contributed by atoms with E-state index in [0.29, 0.717) is 18.6 Å². The highest BCUT2D eigenvalue weighted by molar-refractivity contribution is 5.07. The van der Waals surface area contributed by atoms with Crippen molar-refractivity contribution in [2.75, 3.05) is 19.8 Å². The fourth-order valence-corrected chi connectivity index (χ4v) is 3.72. The number of rotatable bonds is 6. The molecule has 0 aliphatic carbocycles. The van der Waals surface area contributed by atoms with Gasteiger partial charge < -0.3 is 9.47 Å². The average molecular weight is 328 g/mol. The molecule has 0 saturated carbocycles. The van der Waals surface area contributed by atoms with E-state index in [2.05, 4.69) is 28.1 Å². The van der Waals surface area contributed by atoms with Crippen molar-refractivity contribution in [3.63, 3.8) is 0 Å². The van der Waals surface area contributed by atoms with Gasteiger partial charge in [-0.1, -0.05) is 6.07 Å². The average Bonchev–Trinajstić information content (AvgIpc) is 3.32. The fraction of sp³-hybridized carbons (Fsp3) is 0.556. The number of nitrogens with zero attached hydrogens (tertiary/aromatic N) is 4. The molecule has 0 spiro atoms. The molecule has 2 aliphatic heterocycles. The van der Waals surface area contributed by atoms with Crippen LogP contribution in [0.25, 0.3) is 0 Å². The molecular formula is C18H24N4O2. The lowest BCUT2D eigenvalue weighted by Crippen LogP contribution is -2.32. The predicted molar refractivity (Wildman–Crippen MR) is 89.2 cm³/mol. The molecule has 2 aromatic heterocycles. The summed E-state index contributed by atoms with van der Waals surface area (Å²) in [5.74, 6) is 0.454. The third kappa shape index (κ3) is 3.22. The summed E-state index contributed by atoms with van der Waals surface area (Å²) in [4.78, 5) is 6.83. The first kappa shape index (κ1) is 15.7. The number of aryl methyl sites for hydroxylation is 1. The minimum absolute atomic E-state index is 0.209. The Balaban J connectivity index is 1.39. The molecule has 2 aliphatic rings. The first-order valence-corrected chi connectivity index (χ1v) is 8.68. The van der Waals surface area contributed by atoms with Crippen LogP contribution in [0.15, 0.2) is 36.8 Å². The van der Waals surface area contributed by atoms with Crippen LogP contribution in [0.1, 0.15) is 18.2 Å². The molecule has 24 heavy (non-hydrogen) atoms. The van der Waals surface area contributed by atoms with Gasteiger partial charge in [-0.15, -0.1) is 0 Å². The van der Waals surface area contributed by atoms with E-state index in [4.69, 9.17) is 9.47 Å². The van der Waals surface area contributed by atoms with E-state index in [1.807, 2.05) is 35.3 Å². The predicted octanol–water partition coefficient (Wildman–Crippen LogP) is 1.71. The second-order valence-corrected chi connectivity index (χ2v) is 6.57. The van der Waals surface area contributed by atoms with Gasteiger partial charge in [0.05, 0.1) is 37.8 Å². The van der Waals surface area contributed by atoms with Crippen molar-refractivity contribution in [2.45, 2.75) is 38.8 Å². The molecule has 2 saturated heterocycles. The van der Waals surface area contributed by atoms with E-state index in [9.17, 15) is 0 Å². The third-order valence-corrected chi connectivity index (χ3v) is 5.02. The summed E-state index contributed by atoms with van der Waals surface area (Å²) in [5, 5.41) is 4.38. The van der Waals surface area contributed by atoms with Gasteiger partial charge in [-0.05, 0) is 19.1 Å². The minimum atomic E-state index is 0.209. The van der Waals surface area contributed by atoms with Crippen LogP contribution < -0.4 is 0 Å². The monoisotopic (exact) mass is 328 g/mol. The molecule has 0 amide bonds. The zero-order chi connectivity index (χ0) is 16.4.